The van der Waals surface area contributed by atoms with Crippen molar-refractivity contribution in [1.82, 2.24) is 0 Å². The number of allylic oxidation sites excluding steroid dienone is 4. The van der Waals surface area contributed by atoms with Crippen LogP contribution in [0.5, 0.6) is 0 Å². The SMILES string of the molecule is NC1=CC=C[C@H](F)C1. The Morgan fingerprint density at radius 1 is 1.75 bits per heavy atom. The van der Waals surface area contributed by atoms with Crippen LogP contribution in [-0.2, 0) is 0 Å². The van der Waals surface area contributed by atoms with Crippen LogP contribution in [0.3, 0.4) is 0 Å². The number of halogens is 1. The molecule has 2 heteroatoms. The molecule has 0 aliphatic heterocycles. The highest BCUT2D eigenvalue weighted by Crippen LogP contribution is 2.09. The highest BCUT2D eigenvalue weighted by molar-refractivity contribution is 5.17. The van der Waals surface area contributed by atoms with Gasteiger partial charge >= 0.3 is 0 Å². The van der Waals surface area contributed by atoms with E-state index in [0.29, 0.717) is 12.1 Å². The summed E-state index contributed by atoms with van der Waals surface area (Å²) in [5, 5.41) is 0. The van der Waals surface area contributed by atoms with Gasteiger partial charge in [-0.25, -0.2) is 4.39 Å². The number of alkyl halides is 1. The van der Waals surface area contributed by atoms with E-state index in [9.17, 15) is 4.39 Å². The highest BCUT2D eigenvalue weighted by Gasteiger charge is 2.04. The number of hydrogen-bond donors (Lipinski definition) is 1. The van der Waals surface area contributed by atoms with Crippen molar-refractivity contribution in [2.75, 3.05) is 0 Å². The summed E-state index contributed by atoms with van der Waals surface area (Å²) in [5.41, 5.74) is 5.92. The van der Waals surface area contributed by atoms with E-state index in [0.717, 1.165) is 0 Å². The fourth-order valence-corrected chi connectivity index (χ4v) is 0.661. The van der Waals surface area contributed by atoms with Crippen molar-refractivity contribution in [3.05, 3.63) is 23.9 Å². The molecule has 1 rings (SSSR count). The van der Waals surface area contributed by atoms with E-state index in [4.69, 9.17) is 5.73 Å². The van der Waals surface area contributed by atoms with Crippen molar-refractivity contribution in [1.29, 1.82) is 0 Å². The summed E-state index contributed by atoms with van der Waals surface area (Å²) in [7, 11) is 0. The summed E-state index contributed by atoms with van der Waals surface area (Å²) in [6, 6.07) is 0. The van der Waals surface area contributed by atoms with E-state index in [1.807, 2.05) is 0 Å². The Balaban J connectivity index is 2.59. The first-order valence-corrected chi connectivity index (χ1v) is 2.56. The molecular weight excluding hydrogens is 105 g/mol. The normalized spacial score (nSPS) is 27.6. The van der Waals surface area contributed by atoms with E-state index in [-0.39, 0.29) is 0 Å². The predicted octanol–water partition coefficient (Wildman–Crippen LogP) is 1.13. The second-order valence-electron chi connectivity index (χ2n) is 1.85. The average Bonchev–Trinajstić information content (AvgIpc) is 1.64. The Morgan fingerprint density at radius 3 is 2.88 bits per heavy atom. The Bertz CT molecular complexity index is 137. The van der Waals surface area contributed by atoms with E-state index >= 15 is 0 Å². The maximum atomic E-state index is 12.2. The summed E-state index contributed by atoms with van der Waals surface area (Å²) in [6.07, 6.45) is 4.35. The largest absolute Gasteiger partial charge is 0.402 e. The van der Waals surface area contributed by atoms with Gasteiger partial charge < -0.3 is 5.73 Å². The Labute approximate surface area is 47.7 Å². The maximum Gasteiger partial charge on any atom is 0.124 e. The van der Waals surface area contributed by atoms with Crippen LogP contribution < -0.4 is 5.73 Å². The molecule has 0 spiro atoms. The summed E-state index contributed by atoms with van der Waals surface area (Å²) < 4.78 is 12.2. The molecule has 0 aromatic heterocycles. The molecule has 8 heavy (non-hydrogen) atoms. The maximum absolute atomic E-state index is 12.2. The molecule has 0 radical (unpaired) electrons. The first kappa shape index (κ1) is 5.35. The second kappa shape index (κ2) is 1.99. The Morgan fingerprint density at radius 2 is 2.50 bits per heavy atom. The summed E-state index contributed by atoms with van der Waals surface area (Å²) in [4.78, 5) is 0. The fourth-order valence-electron chi connectivity index (χ4n) is 0.661. The lowest BCUT2D eigenvalue weighted by Gasteiger charge is -2.05. The van der Waals surface area contributed by atoms with Crippen LogP contribution in [0, 0.1) is 0 Å². The smallest absolute Gasteiger partial charge is 0.124 e. The van der Waals surface area contributed by atoms with Crippen LogP contribution in [-0.4, -0.2) is 6.17 Å². The van der Waals surface area contributed by atoms with Gasteiger partial charge in [-0.1, -0.05) is 12.2 Å². The molecule has 1 atom stereocenters. The molecule has 44 valence electrons. The molecular formula is C6H8FN. The monoisotopic (exact) mass is 113 g/mol. The number of hydrogen-bond acceptors (Lipinski definition) is 1. The number of rotatable bonds is 0. The third kappa shape index (κ3) is 1.09. The number of nitrogens with two attached hydrogens (primary N) is 1. The van der Waals surface area contributed by atoms with Gasteiger partial charge in [0.05, 0.1) is 0 Å². The van der Waals surface area contributed by atoms with Crippen molar-refractivity contribution in [2.24, 2.45) is 5.73 Å². The van der Waals surface area contributed by atoms with Crippen LogP contribution in [0.4, 0.5) is 4.39 Å². The van der Waals surface area contributed by atoms with E-state index in [1.165, 1.54) is 6.08 Å². The lowest BCUT2D eigenvalue weighted by molar-refractivity contribution is 0.394. The van der Waals surface area contributed by atoms with Gasteiger partial charge in [0.1, 0.15) is 6.17 Å². The second-order valence-corrected chi connectivity index (χ2v) is 1.85. The van der Waals surface area contributed by atoms with Gasteiger partial charge in [0.15, 0.2) is 0 Å². The van der Waals surface area contributed by atoms with Gasteiger partial charge in [-0.15, -0.1) is 0 Å². The molecule has 0 saturated heterocycles. The molecule has 0 saturated carbocycles. The zero-order valence-corrected chi connectivity index (χ0v) is 4.47. The average molecular weight is 113 g/mol. The molecule has 1 aliphatic carbocycles. The first-order valence-electron chi connectivity index (χ1n) is 2.56. The van der Waals surface area contributed by atoms with Crippen LogP contribution >= 0.6 is 0 Å². The Hall–Kier alpha value is -0.790. The van der Waals surface area contributed by atoms with Gasteiger partial charge in [0, 0.05) is 12.1 Å². The zero-order valence-electron chi connectivity index (χ0n) is 4.47. The van der Waals surface area contributed by atoms with E-state index in [1.54, 1.807) is 12.2 Å². The molecule has 1 aliphatic rings. The molecule has 0 aromatic carbocycles. The minimum Gasteiger partial charge on any atom is -0.402 e. The van der Waals surface area contributed by atoms with Crippen LogP contribution in [0.1, 0.15) is 6.42 Å². The van der Waals surface area contributed by atoms with Crippen LogP contribution in [0.25, 0.3) is 0 Å². The molecule has 0 bridgehead atoms. The van der Waals surface area contributed by atoms with Crippen LogP contribution in [0.15, 0.2) is 23.9 Å². The molecule has 0 amide bonds. The lowest BCUT2D eigenvalue weighted by Crippen LogP contribution is -2.07. The van der Waals surface area contributed by atoms with Crippen molar-refractivity contribution >= 4 is 0 Å². The fraction of sp³-hybridized carbons (Fsp3) is 0.333. The van der Waals surface area contributed by atoms with Crippen molar-refractivity contribution in [3.8, 4) is 0 Å². The van der Waals surface area contributed by atoms with Crippen LogP contribution in [0.2, 0.25) is 0 Å². The quantitative estimate of drug-likeness (QED) is 0.500. The summed E-state index contributed by atoms with van der Waals surface area (Å²) in [6.45, 7) is 0. The molecule has 0 fully saturated rings. The molecule has 2 N–H and O–H groups in total. The molecule has 0 aromatic rings. The van der Waals surface area contributed by atoms with Crippen molar-refractivity contribution in [2.45, 2.75) is 12.6 Å². The van der Waals surface area contributed by atoms with Crippen molar-refractivity contribution in [3.63, 3.8) is 0 Å². The van der Waals surface area contributed by atoms with E-state index in [2.05, 4.69) is 0 Å². The summed E-state index contributed by atoms with van der Waals surface area (Å²) >= 11 is 0. The third-order valence-electron chi connectivity index (χ3n) is 1.06. The van der Waals surface area contributed by atoms with Gasteiger partial charge in [-0.3, -0.25) is 0 Å². The standard InChI is InChI=1S/C6H8FN/c7-5-2-1-3-6(8)4-5/h1-3,5H,4,8H2/t5-/m0/s1. The molecule has 0 unspecified atom stereocenters. The molecule has 0 heterocycles. The molecule has 1 nitrogen and oxygen atoms in total. The topological polar surface area (TPSA) is 26.0 Å². The highest BCUT2D eigenvalue weighted by atomic mass is 19.1. The zero-order chi connectivity index (χ0) is 5.98. The lowest BCUT2D eigenvalue weighted by atomic mass is 10.1. The predicted molar refractivity (Wildman–Crippen MR) is 30.9 cm³/mol. The van der Waals surface area contributed by atoms with Gasteiger partial charge in [0.25, 0.3) is 0 Å². The Kier molecular flexibility index (Phi) is 1.33. The minimum absolute atomic E-state index is 0.358. The van der Waals surface area contributed by atoms with Gasteiger partial charge in [-0.2, -0.15) is 0 Å². The van der Waals surface area contributed by atoms with Gasteiger partial charge in [0.2, 0.25) is 0 Å². The first-order chi connectivity index (χ1) is 3.79. The van der Waals surface area contributed by atoms with Crippen molar-refractivity contribution < 1.29 is 4.39 Å². The summed E-state index contributed by atoms with van der Waals surface area (Å²) in [5.74, 6) is 0. The third-order valence-corrected chi connectivity index (χ3v) is 1.06. The minimum atomic E-state index is -0.861. The van der Waals surface area contributed by atoms with E-state index < -0.39 is 6.17 Å². The van der Waals surface area contributed by atoms with Gasteiger partial charge in [-0.05, 0) is 6.08 Å².